The van der Waals surface area contributed by atoms with Gasteiger partial charge in [-0.1, -0.05) is 12.1 Å². The number of nitrogens with zero attached hydrogens (tertiary/aromatic N) is 3. The Morgan fingerprint density at radius 3 is 2.95 bits per heavy atom. The van der Waals surface area contributed by atoms with Crippen molar-refractivity contribution in [1.29, 1.82) is 0 Å². The topological polar surface area (TPSA) is 96.7 Å². The summed E-state index contributed by atoms with van der Waals surface area (Å²) >= 11 is 0. The molecule has 3 aromatic rings. The first-order valence-electron chi connectivity index (χ1n) is 5.52. The van der Waals surface area contributed by atoms with E-state index in [0.717, 1.165) is 5.56 Å². The van der Waals surface area contributed by atoms with Crippen molar-refractivity contribution >= 4 is 11.6 Å². The lowest BCUT2D eigenvalue weighted by atomic mass is 10.2. The number of H-pyrrole nitrogens is 1. The molecule has 2 aromatic heterocycles. The van der Waals surface area contributed by atoms with Crippen LogP contribution in [0.5, 0.6) is 0 Å². The van der Waals surface area contributed by atoms with Gasteiger partial charge in [0.2, 0.25) is 5.82 Å². The monoisotopic (exact) mass is 255 g/mol. The van der Waals surface area contributed by atoms with Gasteiger partial charge in [-0.25, -0.2) is 0 Å². The molecule has 0 bridgehead atoms. The second kappa shape index (κ2) is 4.73. The molecule has 0 unspecified atom stereocenters. The molecule has 19 heavy (non-hydrogen) atoms. The minimum absolute atomic E-state index is 0.255. The average Bonchev–Trinajstić information content (AvgIpc) is 3.13. The van der Waals surface area contributed by atoms with Crippen molar-refractivity contribution in [2.24, 2.45) is 0 Å². The predicted molar refractivity (Wildman–Crippen MR) is 66.3 cm³/mol. The van der Waals surface area contributed by atoms with Gasteiger partial charge in [0, 0.05) is 11.3 Å². The highest BCUT2D eigenvalue weighted by atomic mass is 16.3. The molecule has 0 radical (unpaired) electrons. The largest absolute Gasteiger partial charge is 0.459 e. The molecule has 0 saturated carbocycles. The standard InChI is InChI=1S/C12H9N5O2/c18-12(10-5-2-6-19-10)13-9-4-1-3-8(7-9)11-14-16-17-15-11/h1-7H,(H,13,18)(H,14,15,16,17). The highest BCUT2D eigenvalue weighted by Gasteiger charge is 2.10. The maximum Gasteiger partial charge on any atom is 0.291 e. The average molecular weight is 255 g/mol. The summed E-state index contributed by atoms with van der Waals surface area (Å²) in [5, 5.41) is 16.4. The highest BCUT2D eigenvalue weighted by molar-refractivity contribution is 6.02. The van der Waals surface area contributed by atoms with E-state index in [2.05, 4.69) is 25.9 Å². The van der Waals surface area contributed by atoms with Crippen LogP contribution in [0.1, 0.15) is 10.6 Å². The van der Waals surface area contributed by atoms with E-state index in [4.69, 9.17) is 4.42 Å². The molecule has 0 aliphatic carbocycles. The molecule has 2 N–H and O–H groups in total. The second-order valence-corrected chi connectivity index (χ2v) is 3.75. The summed E-state index contributed by atoms with van der Waals surface area (Å²) in [6.45, 7) is 0. The molecule has 2 heterocycles. The second-order valence-electron chi connectivity index (χ2n) is 3.75. The Morgan fingerprint density at radius 2 is 2.21 bits per heavy atom. The Hall–Kier alpha value is -2.96. The van der Waals surface area contributed by atoms with Gasteiger partial charge < -0.3 is 9.73 Å². The van der Waals surface area contributed by atoms with Crippen molar-refractivity contribution in [1.82, 2.24) is 20.6 Å². The maximum atomic E-state index is 11.8. The molecule has 0 saturated heterocycles. The zero-order valence-corrected chi connectivity index (χ0v) is 9.70. The minimum atomic E-state index is -0.310. The summed E-state index contributed by atoms with van der Waals surface area (Å²) in [7, 11) is 0. The fourth-order valence-corrected chi connectivity index (χ4v) is 1.62. The lowest BCUT2D eigenvalue weighted by molar-refractivity contribution is 0.0996. The van der Waals surface area contributed by atoms with Gasteiger partial charge in [0.25, 0.3) is 5.91 Å². The number of carbonyl (C=O) groups is 1. The summed E-state index contributed by atoms with van der Waals surface area (Å²) in [4.78, 5) is 11.8. The molecule has 1 aromatic carbocycles. The number of benzene rings is 1. The van der Waals surface area contributed by atoms with Gasteiger partial charge in [0.1, 0.15) is 0 Å². The van der Waals surface area contributed by atoms with Gasteiger partial charge in [0.15, 0.2) is 5.76 Å². The Morgan fingerprint density at radius 1 is 1.26 bits per heavy atom. The number of furan rings is 1. The van der Waals surface area contributed by atoms with E-state index in [1.165, 1.54) is 6.26 Å². The van der Waals surface area contributed by atoms with Crippen LogP contribution in [0.4, 0.5) is 5.69 Å². The first-order chi connectivity index (χ1) is 9.33. The van der Waals surface area contributed by atoms with E-state index in [9.17, 15) is 4.79 Å². The number of carbonyl (C=O) groups excluding carboxylic acids is 1. The fourth-order valence-electron chi connectivity index (χ4n) is 1.62. The quantitative estimate of drug-likeness (QED) is 0.742. The molecular weight excluding hydrogens is 246 g/mol. The van der Waals surface area contributed by atoms with Crippen LogP contribution in [0.3, 0.4) is 0 Å². The van der Waals surface area contributed by atoms with Crippen LogP contribution < -0.4 is 5.32 Å². The molecule has 0 spiro atoms. The third-order valence-electron chi connectivity index (χ3n) is 2.47. The number of amides is 1. The summed E-state index contributed by atoms with van der Waals surface area (Å²) in [5.41, 5.74) is 1.38. The van der Waals surface area contributed by atoms with E-state index in [-0.39, 0.29) is 11.7 Å². The Labute approximate surface area is 107 Å². The summed E-state index contributed by atoms with van der Waals surface area (Å²) in [5.74, 6) is 0.411. The van der Waals surface area contributed by atoms with Gasteiger partial charge in [0.05, 0.1) is 6.26 Å². The Bertz CT molecular complexity index is 676. The van der Waals surface area contributed by atoms with E-state index in [0.29, 0.717) is 11.5 Å². The van der Waals surface area contributed by atoms with Crippen molar-refractivity contribution in [3.05, 3.63) is 48.4 Å². The Kier molecular flexibility index (Phi) is 2.77. The van der Waals surface area contributed by atoms with Gasteiger partial charge in [-0.2, -0.15) is 5.21 Å². The van der Waals surface area contributed by atoms with Crippen molar-refractivity contribution in [2.75, 3.05) is 5.32 Å². The SMILES string of the molecule is O=C(Nc1cccc(-c2nn[nH]n2)c1)c1ccco1. The van der Waals surface area contributed by atoms with Gasteiger partial charge in [-0.15, -0.1) is 10.2 Å². The first-order valence-corrected chi connectivity index (χ1v) is 5.52. The van der Waals surface area contributed by atoms with Crippen LogP contribution in [0.25, 0.3) is 11.4 Å². The maximum absolute atomic E-state index is 11.8. The van der Waals surface area contributed by atoms with Crippen molar-refractivity contribution in [2.45, 2.75) is 0 Å². The number of hydrogen-bond donors (Lipinski definition) is 2. The lowest BCUT2D eigenvalue weighted by Crippen LogP contribution is -2.10. The molecule has 1 amide bonds. The third kappa shape index (κ3) is 2.34. The van der Waals surface area contributed by atoms with Crippen LogP contribution in [0, 0.1) is 0 Å². The zero-order valence-electron chi connectivity index (χ0n) is 9.70. The Balaban J connectivity index is 1.82. The number of nitrogens with one attached hydrogen (secondary N) is 2. The summed E-state index contributed by atoms with van der Waals surface area (Å²) < 4.78 is 5.02. The first kappa shape index (κ1) is 11.1. The van der Waals surface area contributed by atoms with Crippen LogP contribution in [0.15, 0.2) is 47.1 Å². The van der Waals surface area contributed by atoms with Crippen LogP contribution in [-0.4, -0.2) is 26.5 Å². The normalized spacial score (nSPS) is 10.3. The smallest absolute Gasteiger partial charge is 0.291 e. The van der Waals surface area contributed by atoms with E-state index in [1.807, 2.05) is 6.07 Å². The zero-order chi connectivity index (χ0) is 13.1. The molecule has 3 rings (SSSR count). The predicted octanol–water partition coefficient (Wildman–Crippen LogP) is 1.71. The number of aromatic nitrogens is 4. The number of hydrogen-bond acceptors (Lipinski definition) is 5. The molecule has 0 atom stereocenters. The number of aromatic amines is 1. The van der Waals surface area contributed by atoms with Crippen molar-refractivity contribution in [3.8, 4) is 11.4 Å². The molecular formula is C12H9N5O2. The highest BCUT2D eigenvalue weighted by Crippen LogP contribution is 2.18. The minimum Gasteiger partial charge on any atom is -0.459 e. The van der Waals surface area contributed by atoms with E-state index < -0.39 is 0 Å². The van der Waals surface area contributed by atoms with Crippen molar-refractivity contribution in [3.63, 3.8) is 0 Å². The van der Waals surface area contributed by atoms with Gasteiger partial charge in [-0.3, -0.25) is 4.79 Å². The van der Waals surface area contributed by atoms with Crippen molar-refractivity contribution < 1.29 is 9.21 Å². The number of rotatable bonds is 3. The fraction of sp³-hybridized carbons (Fsp3) is 0. The summed E-state index contributed by atoms with van der Waals surface area (Å²) in [6, 6.07) is 10.4. The van der Waals surface area contributed by atoms with Crippen LogP contribution >= 0.6 is 0 Å². The van der Waals surface area contributed by atoms with Crippen LogP contribution in [0.2, 0.25) is 0 Å². The molecule has 7 heteroatoms. The lowest BCUT2D eigenvalue weighted by Gasteiger charge is -2.04. The van der Waals surface area contributed by atoms with E-state index in [1.54, 1.807) is 30.3 Å². The molecule has 7 nitrogen and oxygen atoms in total. The molecule has 0 aliphatic rings. The molecule has 94 valence electrons. The summed E-state index contributed by atoms with van der Waals surface area (Å²) in [6.07, 6.45) is 1.45. The van der Waals surface area contributed by atoms with Gasteiger partial charge in [-0.05, 0) is 29.5 Å². The molecule has 0 fully saturated rings. The third-order valence-corrected chi connectivity index (χ3v) is 2.47. The number of tetrazole rings is 1. The molecule has 0 aliphatic heterocycles. The number of anilines is 1. The van der Waals surface area contributed by atoms with Crippen LogP contribution in [-0.2, 0) is 0 Å². The van der Waals surface area contributed by atoms with E-state index >= 15 is 0 Å². The van der Waals surface area contributed by atoms with Gasteiger partial charge >= 0.3 is 0 Å².